The topological polar surface area (TPSA) is 68.0 Å². The van der Waals surface area contributed by atoms with Gasteiger partial charge < -0.3 is 20.3 Å². The molecule has 0 saturated carbocycles. The van der Waals surface area contributed by atoms with Crippen molar-refractivity contribution in [2.24, 2.45) is 0 Å². The van der Waals surface area contributed by atoms with Crippen LogP contribution in [0.2, 0.25) is 0 Å². The van der Waals surface area contributed by atoms with Gasteiger partial charge in [0.15, 0.2) is 0 Å². The van der Waals surface area contributed by atoms with Gasteiger partial charge in [0.2, 0.25) is 0 Å². The summed E-state index contributed by atoms with van der Waals surface area (Å²) in [4.78, 5) is 2.35. The minimum atomic E-state index is -0.508. The minimum Gasteiger partial charge on any atom is -0.492 e. The van der Waals surface area contributed by atoms with Crippen LogP contribution < -0.4 is 10.5 Å². The number of aliphatic hydroxyl groups excluding tert-OH is 1. The maximum atomic E-state index is 10.4. The van der Waals surface area contributed by atoms with Crippen LogP contribution in [0.15, 0.2) is 18.2 Å². The van der Waals surface area contributed by atoms with E-state index in [4.69, 9.17) is 15.2 Å². The van der Waals surface area contributed by atoms with Crippen molar-refractivity contribution < 1.29 is 14.6 Å². The molecule has 1 heterocycles. The summed E-state index contributed by atoms with van der Waals surface area (Å²) >= 11 is 0. The van der Waals surface area contributed by atoms with E-state index in [1.165, 1.54) is 0 Å². The highest BCUT2D eigenvalue weighted by Crippen LogP contribution is 2.27. The van der Waals surface area contributed by atoms with Crippen LogP contribution in [0, 0.1) is 0 Å². The van der Waals surface area contributed by atoms with E-state index in [0.717, 1.165) is 25.2 Å². The number of rotatable bonds is 6. The normalized spacial score (nSPS) is 24.2. The largest absolute Gasteiger partial charge is 0.492 e. The number of morpholine rings is 1. The predicted octanol–water partition coefficient (Wildman–Crippen LogP) is 2.20. The molecule has 0 amide bonds. The summed E-state index contributed by atoms with van der Waals surface area (Å²) in [6.07, 6.45) is 0.683. The second-order valence-corrected chi connectivity index (χ2v) is 6.05. The van der Waals surface area contributed by atoms with Crippen molar-refractivity contribution in [3.8, 4) is 5.75 Å². The molecule has 0 bridgehead atoms. The zero-order chi connectivity index (χ0) is 16.1. The quantitative estimate of drug-likeness (QED) is 0.789. The Kier molecular flexibility index (Phi) is 6.06. The molecule has 1 aliphatic rings. The van der Waals surface area contributed by atoms with Gasteiger partial charge >= 0.3 is 0 Å². The van der Waals surface area contributed by atoms with Crippen LogP contribution in [0.25, 0.3) is 0 Å². The minimum absolute atomic E-state index is 0.252. The Morgan fingerprint density at radius 3 is 2.64 bits per heavy atom. The van der Waals surface area contributed by atoms with Gasteiger partial charge in [-0.1, -0.05) is 6.07 Å². The lowest BCUT2D eigenvalue weighted by molar-refractivity contribution is -0.0702. The van der Waals surface area contributed by atoms with E-state index in [1.807, 2.05) is 19.1 Å². The van der Waals surface area contributed by atoms with Gasteiger partial charge in [-0.2, -0.15) is 0 Å². The number of benzene rings is 1. The predicted molar refractivity (Wildman–Crippen MR) is 88.0 cm³/mol. The van der Waals surface area contributed by atoms with E-state index in [9.17, 15) is 5.11 Å². The third-order valence-corrected chi connectivity index (χ3v) is 3.93. The number of hydrogen-bond donors (Lipinski definition) is 2. The molecule has 5 nitrogen and oxygen atoms in total. The Morgan fingerprint density at radius 2 is 2.05 bits per heavy atom. The first-order valence-electron chi connectivity index (χ1n) is 8.07. The summed E-state index contributed by atoms with van der Waals surface area (Å²) in [5.41, 5.74) is 7.38. The van der Waals surface area contributed by atoms with Gasteiger partial charge in [-0.05, 0) is 44.9 Å². The van der Waals surface area contributed by atoms with E-state index in [1.54, 1.807) is 6.07 Å². The van der Waals surface area contributed by atoms with E-state index < -0.39 is 6.10 Å². The van der Waals surface area contributed by atoms with Gasteiger partial charge in [0.05, 0.1) is 30.6 Å². The molecule has 5 heteroatoms. The van der Waals surface area contributed by atoms with Crippen molar-refractivity contribution in [3.63, 3.8) is 0 Å². The van der Waals surface area contributed by atoms with Crippen LogP contribution in [-0.2, 0) is 4.74 Å². The molecule has 3 N–H and O–H groups in total. The average molecular weight is 308 g/mol. The Bertz CT molecular complexity index is 471. The van der Waals surface area contributed by atoms with Crippen molar-refractivity contribution in [1.82, 2.24) is 4.90 Å². The summed E-state index contributed by atoms with van der Waals surface area (Å²) in [5, 5.41) is 10.4. The Balaban J connectivity index is 1.89. The smallest absolute Gasteiger partial charge is 0.142 e. The van der Waals surface area contributed by atoms with Gasteiger partial charge in [0, 0.05) is 19.6 Å². The van der Waals surface area contributed by atoms with Gasteiger partial charge in [-0.15, -0.1) is 0 Å². The molecule has 22 heavy (non-hydrogen) atoms. The van der Waals surface area contributed by atoms with Crippen LogP contribution in [0.3, 0.4) is 0 Å². The third kappa shape index (κ3) is 4.60. The number of ether oxygens (including phenoxy) is 2. The molecule has 1 saturated heterocycles. The molecule has 1 aromatic carbocycles. The number of nitrogens with two attached hydrogens (primary N) is 1. The second-order valence-electron chi connectivity index (χ2n) is 6.05. The summed E-state index contributed by atoms with van der Waals surface area (Å²) in [7, 11) is 0. The SMILES string of the molecule is CCOc1ccc(C(O)CCN2CC(C)OC(C)C2)cc1N. The average Bonchev–Trinajstić information content (AvgIpc) is 2.46. The number of nitrogen functional groups attached to an aromatic ring is 1. The zero-order valence-corrected chi connectivity index (χ0v) is 13.8. The maximum Gasteiger partial charge on any atom is 0.142 e. The molecule has 1 fully saturated rings. The molecule has 3 atom stereocenters. The monoisotopic (exact) mass is 308 g/mol. The lowest BCUT2D eigenvalue weighted by Crippen LogP contribution is -2.45. The van der Waals surface area contributed by atoms with Crippen LogP contribution in [0.4, 0.5) is 5.69 Å². The van der Waals surface area contributed by atoms with Gasteiger partial charge in [-0.3, -0.25) is 4.90 Å². The van der Waals surface area contributed by atoms with Crippen molar-refractivity contribution in [1.29, 1.82) is 0 Å². The Morgan fingerprint density at radius 1 is 1.36 bits per heavy atom. The van der Waals surface area contributed by atoms with Gasteiger partial charge in [-0.25, -0.2) is 0 Å². The first-order chi connectivity index (χ1) is 10.5. The molecule has 1 aromatic rings. The standard InChI is InChI=1S/C17H28N2O3/c1-4-21-17-6-5-14(9-15(17)18)16(20)7-8-19-10-12(2)22-13(3)11-19/h5-6,9,12-13,16,20H,4,7-8,10-11,18H2,1-3H3. The first-order valence-corrected chi connectivity index (χ1v) is 8.07. The van der Waals surface area contributed by atoms with Crippen LogP contribution in [-0.4, -0.2) is 48.5 Å². The number of hydrogen-bond acceptors (Lipinski definition) is 5. The summed E-state index contributed by atoms with van der Waals surface area (Å²) in [6, 6.07) is 5.52. The van der Waals surface area contributed by atoms with Crippen LogP contribution in [0.1, 0.15) is 38.9 Å². The number of aliphatic hydroxyl groups is 1. The molecule has 0 spiro atoms. The highest BCUT2D eigenvalue weighted by atomic mass is 16.5. The fourth-order valence-corrected chi connectivity index (χ4v) is 3.00. The maximum absolute atomic E-state index is 10.4. The summed E-state index contributed by atoms with van der Waals surface area (Å²) in [5.74, 6) is 0.675. The lowest BCUT2D eigenvalue weighted by atomic mass is 10.0. The fourth-order valence-electron chi connectivity index (χ4n) is 3.00. The Hall–Kier alpha value is -1.30. The van der Waals surface area contributed by atoms with E-state index in [-0.39, 0.29) is 12.2 Å². The number of nitrogens with zero attached hydrogens (tertiary/aromatic N) is 1. The van der Waals surface area contributed by atoms with Crippen molar-refractivity contribution >= 4 is 5.69 Å². The molecule has 3 unspecified atom stereocenters. The molecule has 1 aliphatic heterocycles. The molecule has 124 valence electrons. The van der Waals surface area contributed by atoms with Crippen LogP contribution >= 0.6 is 0 Å². The van der Waals surface area contributed by atoms with Crippen molar-refractivity contribution in [2.45, 2.75) is 45.5 Å². The molecule has 0 aliphatic carbocycles. The Labute approximate surface area is 133 Å². The fraction of sp³-hybridized carbons (Fsp3) is 0.647. The lowest BCUT2D eigenvalue weighted by Gasteiger charge is -2.35. The molecular formula is C17H28N2O3. The van der Waals surface area contributed by atoms with Gasteiger partial charge in [0.1, 0.15) is 5.75 Å². The molecule has 0 aromatic heterocycles. The summed E-state index contributed by atoms with van der Waals surface area (Å²) < 4.78 is 11.1. The molecule has 2 rings (SSSR count). The zero-order valence-electron chi connectivity index (χ0n) is 13.8. The van der Waals surface area contributed by atoms with E-state index in [2.05, 4.69) is 18.7 Å². The number of anilines is 1. The first kappa shape index (κ1) is 17.1. The highest BCUT2D eigenvalue weighted by Gasteiger charge is 2.22. The second kappa shape index (κ2) is 7.81. The van der Waals surface area contributed by atoms with E-state index >= 15 is 0 Å². The molecular weight excluding hydrogens is 280 g/mol. The third-order valence-electron chi connectivity index (χ3n) is 3.93. The van der Waals surface area contributed by atoms with Crippen LogP contribution in [0.5, 0.6) is 5.75 Å². The van der Waals surface area contributed by atoms with Crippen molar-refractivity contribution in [2.75, 3.05) is 32.0 Å². The summed E-state index contributed by atoms with van der Waals surface area (Å²) in [6.45, 7) is 9.38. The highest BCUT2D eigenvalue weighted by molar-refractivity contribution is 5.54. The van der Waals surface area contributed by atoms with Gasteiger partial charge in [0.25, 0.3) is 0 Å². The molecule has 0 radical (unpaired) electrons. The van der Waals surface area contributed by atoms with E-state index in [0.29, 0.717) is 24.5 Å². The van der Waals surface area contributed by atoms with Crippen molar-refractivity contribution in [3.05, 3.63) is 23.8 Å².